The Hall–Kier alpha value is -3.50. The second kappa shape index (κ2) is 13.0. The van der Waals surface area contributed by atoms with Crippen LogP contribution in [-0.4, -0.2) is 79.6 Å². The number of nitro groups is 1. The molecule has 2 heterocycles. The SMILES string of the molecule is CC=CCN1CCN(CC(C)(C)COC(=O)C2=C(C)NC(C)=C(C(=O)OC)C2c2cccc([N+](=O)[O-])c2)CC1. The molecule has 1 aromatic carbocycles. The Bertz CT molecular complexity index is 1180. The van der Waals surface area contributed by atoms with Gasteiger partial charge in [-0.05, 0) is 26.3 Å². The van der Waals surface area contributed by atoms with Crippen molar-refractivity contribution in [3.63, 3.8) is 0 Å². The molecule has 0 saturated carbocycles. The maximum atomic E-state index is 13.6. The van der Waals surface area contributed by atoms with Gasteiger partial charge in [-0.3, -0.25) is 15.0 Å². The summed E-state index contributed by atoms with van der Waals surface area (Å²) in [6.45, 7) is 15.4. The average molecular weight is 541 g/mol. The van der Waals surface area contributed by atoms with Crippen LogP contribution in [0.3, 0.4) is 0 Å². The molecule has 212 valence electrons. The van der Waals surface area contributed by atoms with Crippen molar-refractivity contribution in [2.24, 2.45) is 5.41 Å². The number of nitrogens with one attached hydrogen (secondary N) is 1. The van der Waals surface area contributed by atoms with Gasteiger partial charge >= 0.3 is 11.9 Å². The van der Waals surface area contributed by atoms with Crippen LogP contribution in [0, 0.1) is 15.5 Å². The quantitative estimate of drug-likeness (QED) is 0.205. The number of allylic oxidation sites excluding steroid dienone is 3. The largest absolute Gasteiger partial charge is 0.466 e. The topological polar surface area (TPSA) is 114 Å². The first kappa shape index (κ1) is 30.0. The number of piperazine rings is 1. The van der Waals surface area contributed by atoms with Crippen LogP contribution in [0.4, 0.5) is 5.69 Å². The molecule has 2 aliphatic heterocycles. The molecule has 0 radical (unpaired) electrons. The van der Waals surface area contributed by atoms with E-state index in [9.17, 15) is 19.7 Å². The fraction of sp³-hybridized carbons (Fsp3) is 0.517. The van der Waals surface area contributed by atoms with Gasteiger partial charge in [-0.15, -0.1) is 0 Å². The van der Waals surface area contributed by atoms with Gasteiger partial charge in [0.05, 0.1) is 35.7 Å². The number of carbonyl (C=O) groups is 2. The average Bonchev–Trinajstić information content (AvgIpc) is 2.90. The molecular weight excluding hydrogens is 500 g/mol. The van der Waals surface area contributed by atoms with Gasteiger partial charge in [-0.2, -0.15) is 0 Å². The number of esters is 2. The van der Waals surface area contributed by atoms with Gasteiger partial charge in [0.15, 0.2) is 0 Å². The summed E-state index contributed by atoms with van der Waals surface area (Å²) in [5.41, 5.74) is 1.48. The Morgan fingerprint density at radius 3 is 2.31 bits per heavy atom. The van der Waals surface area contributed by atoms with Gasteiger partial charge < -0.3 is 19.7 Å². The maximum Gasteiger partial charge on any atom is 0.336 e. The molecular formula is C29H40N4O6. The molecule has 1 N–H and O–H groups in total. The number of ether oxygens (including phenoxy) is 2. The van der Waals surface area contributed by atoms with Gasteiger partial charge in [0, 0.05) is 68.2 Å². The van der Waals surface area contributed by atoms with Crippen LogP contribution in [0.25, 0.3) is 0 Å². The lowest BCUT2D eigenvalue weighted by Gasteiger charge is -2.38. The van der Waals surface area contributed by atoms with Crippen molar-refractivity contribution in [1.82, 2.24) is 15.1 Å². The Kier molecular flexibility index (Phi) is 10.0. The lowest BCUT2D eigenvalue weighted by atomic mass is 9.80. The van der Waals surface area contributed by atoms with Crippen molar-refractivity contribution in [2.45, 2.75) is 40.5 Å². The van der Waals surface area contributed by atoms with Crippen LogP contribution in [0.5, 0.6) is 0 Å². The van der Waals surface area contributed by atoms with E-state index in [0.29, 0.717) is 17.0 Å². The molecule has 1 aromatic rings. The number of carbonyl (C=O) groups excluding carboxylic acids is 2. The van der Waals surface area contributed by atoms with Gasteiger partial charge in [0.25, 0.3) is 5.69 Å². The van der Waals surface area contributed by atoms with E-state index in [1.165, 1.54) is 19.2 Å². The van der Waals surface area contributed by atoms with Crippen molar-refractivity contribution in [2.75, 3.05) is 53.0 Å². The Balaban J connectivity index is 1.79. The summed E-state index contributed by atoms with van der Waals surface area (Å²) in [7, 11) is 1.26. The molecule has 1 unspecified atom stereocenters. The van der Waals surface area contributed by atoms with Gasteiger partial charge in [-0.25, -0.2) is 9.59 Å². The highest BCUT2D eigenvalue weighted by atomic mass is 16.6. The first-order valence-electron chi connectivity index (χ1n) is 13.2. The van der Waals surface area contributed by atoms with E-state index >= 15 is 0 Å². The molecule has 1 fully saturated rings. The van der Waals surface area contributed by atoms with Crippen LogP contribution >= 0.6 is 0 Å². The summed E-state index contributed by atoms with van der Waals surface area (Å²) in [6, 6.07) is 5.96. The zero-order chi connectivity index (χ0) is 28.7. The zero-order valence-electron chi connectivity index (χ0n) is 23.8. The van der Waals surface area contributed by atoms with Crippen molar-refractivity contribution >= 4 is 17.6 Å². The number of non-ortho nitro benzene ring substituents is 1. The van der Waals surface area contributed by atoms with Gasteiger partial charge in [-0.1, -0.05) is 38.1 Å². The first-order chi connectivity index (χ1) is 18.5. The predicted octanol–water partition coefficient (Wildman–Crippen LogP) is 3.77. The Morgan fingerprint density at radius 2 is 1.72 bits per heavy atom. The number of rotatable bonds is 10. The number of hydrogen-bond acceptors (Lipinski definition) is 9. The molecule has 2 aliphatic rings. The molecule has 39 heavy (non-hydrogen) atoms. The van der Waals surface area contributed by atoms with Crippen LogP contribution in [0.2, 0.25) is 0 Å². The molecule has 1 atom stereocenters. The molecule has 10 heteroatoms. The fourth-order valence-corrected chi connectivity index (χ4v) is 5.17. The molecule has 1 saturated heterocycles. The third kappa shape index (κ3) is 7.54. The predicted molar refractivity (Wildman–Crippen MR) is 149 cm³/mol. The highest BCUT2D eigenvalue weighted by molar-refractivity contribution is 5.99. The van der Waals surface area contributed by atoms with Crippen molar-refractivity contribution in [3.05, 3.63) is 74.6 Å². The van der Waals surface area contributed by atoms with E-state index in [1.807, 2.05) is 6.92 Å². The van der Waals surface area contributed by atoms with Crippen LogP contribution in [0.15, 0.2) is 59.0 Å². The number of dihydropyridines is 1. The molecule has 3 rings (SSSR count). The van der Waals surface area contributed by atoms with E-state index in [-0.39, 0.29) is 28.9 Å². The van der Waals surface area contributed by atoms with E-state index in [2.05, 4.69) is 41.1 Å². The van der Waals surface area contributed by atoms with E-state index in [4.69, 9.17) is 9.47 Å². The van der Waals surface area contributed by atoms with Crippen LogP contribution in [-0.2, 0) is 19.1 Å². The normalized spacial score (nSPS) is 19.3. The highest BCUT2D eigenvalue weighted by Gasteiger charge is 2.39. The minimum atomic E-state index is -0.875. The van der Waals surface area contributed by atoms with E-state index in [1.54, 1.807) is 26.0 Å². The minimum absolute atomic E-state index is 0.134. The lowest BCUT2D eigenvalue weighted by molar-refractivity contribution is -0.384. The smallest absolute Gasteiger partial charge is 0.336 e. The lowest BCUT2D eigenvalue weighted by Crippen LogP contribution is -2.49. The van der Waals surface area contributed by atoms with E-state index < -0.39 is 22.8 Å². The third-order valence-electron chi connectivity index (χ3n) is 7.11. The first-order valence-corrected chi connectivity index (χ1v) is 13.2. The number of nitrogens with zero attached hydrogens (tertiary/aromatic N) is 3. The second-order valence-corrected chi connectivity index (χ2v) is 10.9. The van der Waals surface area contributed by atoms with Crippen LogP contribution in [0.1, 0.15) is 46.1 Å². The summed E-state index contributed by atoms with van der Waals surface area (Å²) in [4.78, 5) is 42.2. The zero-order valence-corrected chi connectivity index (χ0v) is 23.8. The number of methoxy groups -OCH3 is 1. The number of hydrogen-bond donors (Lipinski definition) is 1. The molecule has 0 aliphatic carbocycles. The fourth-order valence-electron chi connectivity index (χ4n) is 5.17. The second-order valence-electron chi connectivity index (χ2n) is 10.9. The third-order valence-corrected chi connectivity index (χ3v) is 7.11. The summed E-state index contributed by atoms with van der Waals surface area (Å²) < 4.78 is 10.9. The van der Waals surface area contributed by atoms with Crippen molar-refractivity contribution < 1.29 is 24.0 Å². The van der Waals surface area contributed by atoms with Crippen molar-refractivity contribution in [3.8, 4) is 0 Å². The Morgan fingerprint density at radius 1 is 1.10 bits per heavy atom. The van der Waals surface area contributed by atoms with Gasteiger partial charge in [0.2, 0.25) is 0 Å². The molecule has 0 bridgehead atoms. The molecule has 0 spiro atoms. The summed E-state index contributed by atoms with van der Waals surface area (Å²) in [5.74, 6) is -2.07. The summed E-state index contributed by atoms with van der Waals surface area (Å²) in [6.07, 6.45) is 4.23. The van der Waals surface area contributed by atoms with Crippen molar-refractivity contribution in [1.29, 1.82) is 0 Å². The number of nitro benzene ring substituents is 1. The van der Waals surface area contributed by atoms with E-state index in [0.717, 1.165) is 39.3 Å². The van der Waals surface area contributed by atoms with Gasteiger partial charge in [0.1, 0.15) is 0 Å². The molecule has 0 aromatic heterocycles. The van der Waals surface area contributed by atoms with Crippen LogP contribution < -0.4 is 5.32 Å². The summed E-state index contributed by atoms with van der Waals surface area (Å²) in [5, 5.41) is 14.6. The molecule has 0 amide bonds. The monoisotopic (exact) mass is 540 g/mol. The minimum Gasteiger partial charge on any atom is -0.466 e. The summed E-state index contributed by atoms with van der Waals surface area (Å²) >= 11 is 0. The Labute approximate surface area is 230 Å². The molecule has 10 nitrogen and oxygen atoms in total. The maximum absolute atomic E-state index is 13.6. The number of benzene rings is 1. The standard InChI is InChI=1S/C29H40N4O6/c1-7-8-12-31-13-15-32(16-14-31)18-29(4,5)19-39-28(35)25-21(3)30-20(2)24(27(34)38-6)26(25)22-10-9-11-23(17-22)33(36)37/h7-11,17,26,30H,12-16,18-19H2,1-6H3. The highest BCUT2D eigenvalue weighted by Crippen LogP contribution is 2.40.